The molecule has 0 radical (unpaired) electrons. The number of carbonyl (C=O) groups is 1. The molecule has 1 aromatic heterocycles. The standard InChI is InChI=1S/C21H19ClN2OS/c22-18-8-6-15(7-9-18)19-14-26-12-11-24(19)20(25)13-17-4-1-3-16-5-2-10-23-21(16)17/h1-10,19H,11-14H2. The summed E-state index contributed by atoms with van der Waals surface area (Å²) in [5.74, 6) is 2.05. The minimum Gasteiger partial charge on any atom is -0.334 e. The molecule has 1 atom stereocenters. The van der Waals surface area contributed by atoms with Gasteiger partial charge in [-0.1, -0.05) is 48.0 Å². The number of rotatable bonds is 3. The van der Waals surface area contributed by atoms with Crippen molar-refractivity contribution < 1.29 is 4.79 Å². The van der Waals surface area contributed by atoms with E-state index in [2.05, 4.69) is 4.98 Å². The number of thioether (sulfide) groups is 1. The zero-order valence-electron chi connectivity index (χ0n) is 14.3. The van der Waals surface area contributed by atoms with Crippen LogP contribution >= 0.6 is 23.4 Å². The Kier molecular flexibility index (Phi) is 5.14. The van der Waals surface area contributed by atoms with Crippen molar-refractivity contribution in [1.29, 1.82) is 0 Å². The maximum Gasteiger partial charge on any atom is 0.227 e. The molecule has 1 amide bonds. The van der Waals surface area contributed by atoms with Gasteiger partial charge in [0.1, 0.15) is 0 Å². The second kappa shape index (κ2) is 7.68. The van der Waals surface area contributed by atoms with E-state index in [0.717, 1.165) is 45.1 Å². The van der Waals surface area contributed by atoms with Gasteiger partial charge in [-0.05, 0) is 29.3 Å². The number of amides is 1. The summed E-state index contributed by atoms with van der Waals surface area (Å²) in [5.41, 5.74) is 3.05. The quantitative estimate of drug-likeness (QED) is 0.655. The lowest BCUT2D eigenvalue weighted by atomic mass is 10.0. The first-order valence-electron chi connectivity index (χ1n) is 8.68. The lowest BCUT2D eigenvalue weighted by Gasteiger charge is -2.36. The molecule has 5 heteroatoms. The maximum atomic E-state index is 13.1. The third kappa shape index (κ3) is 3.57. The smallest absolute Gasteiger partial charge is 0.227 e. The van der Waals surface area contributed by atoms with Crippen molar-refractivity contribution in [3.63, 3.8) is 0 Å². The highest BCUT2D eigenvalue weighted by molar-refractivity contribution is 7.99. The number of hydrogen-bond acceptors (Lipinski definition) is 3. The third-order valence-corrected chi connectivity index (χ3v) is 6.04. The molecule has 1 saturated heterocycles. The Morgan fingerprint density at radius 2 is 1.96 bits per heavy atom. The van der Waals surface area contributed by atoms with Gasteiger partial charge < -0.3 is 4.90 Å². The molecule has 2 heterocycles. The summed E-state index contributed by atoms with van der Waals surface area (Å²) in [4.78, 5) is 19.6. The van der Waals surface area contributed by atoms with Crippen molar-refractivity contribution in [2.75, 3.05) is 18.1 Å². The first kappa shape index (κ1) is 17.4. The molecule has 0 bridgehead atoms. The molecule has 1 aliphatic rings. The van der Waals surface area contributed by atoms with E-state index in [0.29, 0.717) is 6.42 Å². The summed E-state index contributed by atoms with van der Waals surface area (Å²) in [6.45, 7) is 0.773. The maximum absolute atomic E-state index is 13.1. The fourth-order valence-corrected chi connectivity index (χ4v) is 4.65. The van der Waals surface area contributed by atoms with Crippen molar-refractivity contribution in [1.82, 2.24) is 9.88 Å². The van der Waals surface area contributed by atoms with E-state index in [1.807, 2.05) is 71.3 Å². The van der Waals surface area contributed by atoms with E-state index in [9.17, 15) is 4.79 Å². The molecular formula is C21H19ClN2OS. The van der Waals surface area contributed by atoms with Crippen LogP contribution in [0.2, 0.25) is 5.02 Å². The van der Waals surface area contributed by atoms with Crippen molar-refractivity contribution >= 4 is 40.2 Å². The molecule has 26 heavy (non-hydrogen) atoms. The van der Waals surface area contributed by atoms with Crippen molar-refractivity contribution in [2.24, 2.45) is 0 Å². The number of pyridine rings is 1. The van der Waals surface area contributed by atoms with Gasteiger partial charge in [-0.2, -0.15) is 11.8 Å². The molecular weight excluding hydrogens is 364 g/mol. The Bertz CT molecular complexity index is 923. The highest BCUT2D eigenvalue weighted by Crippen LogP contribution is 2.31. The van der Waals surface area contributed by atoms with E-state index in [1.54, 1.807) is 6.20 Å². The van der Waals surface area contributed by atoms with Crippen LogP contribution in [-0.2, 0) is 11.2 Å². The zero-order valence-corrected chi connectivity index (χ0v) is 15.8. The van der Waals surface area contributed by atoms with Crippen molar-refractivity contribution in [3.05, 3.63) is 76.9 Å². The summed E-state index contributed by atoms with van der Waals surface area (Å²) in [5, 5.41) is 1.79. The fourth-order valence-electron chi connectivity index (χ4n) is 3.44. The van der Waals surface area contributed by atoms with Crippen LogP contribution in [0.5, 0.6) is 0 Å². The van der Waals surface area contributed by atoms with Gasteiger partial charge in [0.25, 0.3) is 0 Å². The van der Waals surface area contributed by atoms with Crippen LogP contribution in [0.1, 0.15) is 17.2 Å². The number of hydrogen-bond donors (Lipinski definition) is 0. The number of benzene rings is 2. The van der Waals surface area contributed by atoms with Crippen molar-refractivity contribution in [3.8, 4) is 0 Å². The Morgan fingerprint density at radius 1 is 1.15 bits per heavy atom. The third-order valence-electron chi connectivity index (χ3n) is 4.76. The first-order valence-corrected chi connectivity index (χ1v) is 10.2. The summed E-state index contributed by atoms with van der Waals surface area (Å²) < 4.78 is 0. The molecule has 0 spiro atoms. The number of aromatic nitrogens is 1. The molecule has 1 unspecified atom stereocenters. The fraction of sp³-hybridized carbons (Fsp3) is 0.238. The second-order valence-electron chi connectivity index (χ2n) is 6.40. The van der Waals surface area contributed by atoms with Crippen LogP contribution in [0.25, 0.3) is 10.9 Å². The monoisotopic (exact) mass is 382 g/mol. The Balaban J connectivity index is 1.60. The predicted molar refractivity (Wildman–Crippen MR) is 109 cm³/mol. The van der Waals surface area contributed by atoms with Crippen LogP contribution in [0, 0.1) is 0 Å². The second-order valence-corrected chi connectivity index (χ2v) is 7.98. The molecule has 132 valence electrons. The van der Waals surface area contributed by atoms with Gasteiger partial charge in [-0.15, -0.1) is 0 Å². The highest BCUT2D eigenvalue weighted by Gasteiger charge is 2.28. The Hall–Kier alpha value is -2.04. The van der Waals surface area contributed by atoms with Gasteiger partial charge in [-0.25, -0.2) is 0 Å². The lowest BCUT2D eigenvalue weighted by Crippen LogP contribution is -2.41. The van der Waals surface area contributed by atoms with Gasteiger partial charge in [0.2, 0.25) is 5.91 Å². The highest BCUT2D eigenvalue weighted by atomic mass is 35.5. The van der Waals surface area contributed by atoms with E-state index >= 15 is 0 Å². The van der Waals surface area contributed by atoms with Gasteiger partial charge in [-0.3, -0.25) is 9.78 Å². The van der Waals surface area contributed by atoms with E-state index in [-0.39, 0.29) is 11.9 Å². The predicted octanol–water partition coefficient (Wildman–Crippen LogP) is 4.75. The summed E-state index contributed by atoms with van der Waals surface area (Å²) in [6.07, 6.45) is 2.16. The summed E-state index contributed by atoms with van der Waals surface area (Å²) in [7, 11) is 0. The molecule has 3 nitrogen and oxygen atoms in total. The molecule has 3 aromatic rings. The van der Waals surface area contributed by atoms with E-state index in [1.165, 1.54) is 0 Å². The Morgan fingerprint density at radius 3 is 2.81 bits per heavy atom. The Labute approximate surface area is 162 Å². The molecule has 1 aliphatic heterocycles. The van der Waals surface area contributed by atoms with Crippen LogP contribution in [0.4, 0.5) is 0 Å². The SMILES string of the molecule is O=C(Cc1cccc2cccnc12)N1CCSCC1c1ccc(Cl)cc1. The molecule has 2 aromatic carbocycles. The number of halogens is 1. The lowest BCUT2D eigenvalue weighted by molar-refractivity contribution is -0.132. The zero-order chi connectivity index (χ0) is 17.9. The largest absolute Gasteiger partial charge is 0.334 e. The minimum absolute atomic E-state index is 0.0986. The number of para-hydroxylation sites is 1. The number of carbonyl (C=O) groups excluding carboxylic acids is 1. The van der Waals surface area contributed by atoms with Gasteiger partial charge in [0.05, 0.1) is 18.0 Å². The van der Waals surface area contributed by atoms with E-state index < -0.39 is 0 Å². The van der Waals surface area contributed by atoms with E-state index in [4.69, 9.17) is 11.6 Å². The molecule has 0 aliphatic carbocycles. The molecule has 0 N–H and O–H groups in total. The van der Waals surface area contributed by atoms with Crippen LogP contribution in [0.3, 0.4) is 0 Å². The average Bonchev–Trinajstić information content (AvgIpc) is 2.69. The van der Waals surface area contributed by atoms with Gasteiger partial charge in [0.15, 0.2) is 0 Å². The molecule has 0 saturated carbocycles. The van der Waals surface area contributed by atoms with Crippen LogP contribution in [-0.4, -0.2) is 33.8 Å². The summed E-state index contributed by atoms with van der Waals surface area (Å²) >= 11 is 7.91. The normalized spacial score (nSPS) is 17.4. The van der Waals surface area contributed by atoms with Crippen LogP contribution in [0.15, 0.2) is 60.8 Å². The van der Waals surface area contributed by atoms with Crippen LogP contribution < -0.4 is 0 Å². The molecule has 1 fully saturated rings. The molecule has 4 rings (SSSR count). The minimum atomic E-state index is 0.0986. The van der Waals surface area contributed by atoms with Gasteiger partial charge in [0, 0.05) is 34.7 Å². The summed E-state index contributed by atoms with van der Waals surface area (Å²) in [6, 6.07) is 17.9. The average molecular weight is 383 g/mol. The van der Waals surface area contributed by atoms with Crippen molar-refractivity contribution in [2.45, 2.75) is 12.5 Å². The topological polar surface area (TPSA) is 33.2 Å². The van der Waals surface area contributed by atoms with Gasteiger partial charge >= 0.3 is 0 Å². The number of fused-ring (bicyclic) bond motifs is 1. The first-order chi connectivity index (χ1) is 12.7. The number of nitrogens with zero attached hydrogens (tertiary/aromatic N) is 2.